The van der Waals surface area contributed by atoms with Crippen LogP contribution in [0, 0.1) is 0 Å². The summed E-state index contributed by atoms with van der Waals surface area (Å²) in [6, 6.07) is 22.9. The van der Waals surface area contributed by atoms with Crippen molar-refractivity contribution in [1.82, 2.24) is 9.80 Å². The van der Waals surface area contributed by atoms with Crippen LogP contribution >= 0.6 is 23.2 Å². The van der Waals surface area contributed by atoms with Crippen molar-refractivity contribution in [2.75, 3.05) is 44.7 Å². The molecule has 1 aliphatic rings. The number of carbonyl (C=O) groups is 1. The predicted octanol–water partition coefficient (Wildman–Crippen LogP) is 6.33. The third kappa shape index (κ3) is 7.87. The predicted molar refractivity (Wildman–Crippen MR) is 145 cm³/mol. The molecule has 36 heavy (non-hydrogen) atoms. The summed E-state index contributed by atoms with van der Waals surface area (Å²) in [5.74, 6) is 0.767. The molecule has 0 spiro atoms. The molecule has 1 saturated heterocycles. The molecule has 0 aromatic heterocycles. The summed E-state index contributed by atoms with van der Waals surface area (Å²) < 4.78 is 11.4. The second kappa shape index (κ2) is 13.5. The monoisotopic (exact) mass is 527 g/mol. The quantitative estimate of drug-likeness (QED) is 0.334. The Morgan fingerprint density at radius 1 is 0.972 bits per heavy atom. The summed E-state index contributed by atoms with van der Waals surface area (Å²) in [7, 11) is 0. The summed E-state index contributed by atoms with van der Waals surface area (Å²) in [6.45, 7) is 5.79. The topological polar surface area (TPSA) is 54.0 Å². The van der Waals surface area contributed by atoms with Crippen molar-refractivity contribution in [3.8, 4) is 5.75 Å². The average Bonchev–Trinajstić information content (AvgIpc) is 2.91. The first-order chi connectivity index (χ1) is 17.6. The van der Waals surface area contributed by atoms with Gasteiger partial charge in [-0.15, -0.1) is 0 Å². The highest BCUT2D eigenvalue weighted by Gasteiger charge is 2.18. The van der Waals surface area contributed by atoms with Crippen molar-refractivity contribution in [1.29, 1.82) is 0 Å². The van der Waals surface area contributed by atoms with Crippen LogP contribution in [-0.2, 0) is 17.9 Å². The molecular weight excluding hydrogens is 497 g/mol. The van der Waals surface area contributed by atoms with Gasteiger partial charge >= 0.3 is 6.03 Å². The minimum atomic E-state index is -0.225. The number of anilines is 1. The summed E-state index contributed by atoms with van der Waals surface area (Å²) in [6.07, 6.45) is 0.848. The Labute approximate surface area is 222 Å². The highest BCUT2D eigenvalue weighted by atomic mass is 35.5. The first kappa shape index (κ1) is 26.3. The fourth-order valence-corrected chi connectivity index (χ4v) is 4.40. The van der Waals surface area contributed by atoms with Crippen molar-refractivity contribution in [3.05, 3.63) is 94.0 Å². The SMILES string of the molecule is O=C(Nc1cccc(Cl)c1Cl)N(CCCN1CCOCC1)Cc1cccc(OCc2ccccc2)c1. The Morgan fingerprint density at radius 2 is 1.72 bits per heavy atom. The number of urea groups is 1. The van der Waals surface area contributed by atoms with Gasteiger partial charge in [0.25, 0.3) is 0 Å². The number of halogens is 2. The standard InChI is InChI=1S/C28H31Cl2N3O3/c29-25-11-5-12-26(27(25)30)31-28(34)33(14-6-13-32-15-17-35-18-16-32)20-23-9-4-10-24(19-23)36-21-22-7-2-1-3-8-22/h1-5,7-12,19H,6,13-18,20-21H2,(H,31,34). The largest absolute Gasteiger partial charge is 0.489 e. The van der Waals surface area contributed by atoms with Crippen LogP contribution in [0.3, 0.4) is 0 Å². The van der Waals surface area contributed by atoms with Crippen molar-refractivity contribution < 1.29 is 14.3 Å². The number of carbonyl (C=O) groups excluding carboxylic acids is 1. The number of amides is 2. The highest BCUT2D eigenvalue weighted by molar-refractivity contribution is 6.43. The lowest BCUT2D eigenvalue weighted by molar-refractivity contribution is 0.0365. The second-order valence-corrected chi connectivity index (χ2v) is 9.47. The van der Waals surface area contributed by atoms with Crippen molar-refractivity contribution in [2.24, 2.45) is 0 Å². The molecule has 3 aromatic carbocycles. The molecule has 0 bridgehead atoms. The van der Waals surface area contributed by atoms with Crippen LogP contribution in [0.15, 0.2) is 72.8 Å². The molecule has 3 aromatic rings. The van der Waals surface area contributed by atoms with E-state index in [-0.39, 0.29) is 6.03 Å². The van der Waals surface area contributed by atoms with Gasteiger partial charge in [-0.3, -0.25) is 4.90 Å². The zero-order valence-corrected chi connectivity index (χ0v) is 21.7. The van der Waals surface area contributed by atoms with Gasteiger partial charge in [-0.05, 0) is 41.8 Å². The van der Waals surface area contributed by atoms with E-state index in [9.17, 15) is 4.79 Å². The molecule has 8 heteroatoms. The van der Waals surface area contributed by atoms with Gasteiger partial charge in [-0.2, -0.15) is 0 Å². The lowest BCUT2D eigenvalue weighted by Gasteiger charge is -2.28. The highest BCUT2D eigenvalue weighted by Crippen LogP contribution is 2.30. The third-order valence-corrected chi connectivity index (χ3v) is 6.83. The Balaban J connectivity index is 1.42. The van der Waals surface area contributed by atoms with Gasteiger partial charge in [0.05, 0.1) is 28.9 Å². The van der Waals surface area contributed by atoms with Crippen molar-refractivity contribution >= 4 is 34.9 Å². The van der Waals surface area contributed by atoms with Gasteiger partial charge in [-0.1, -0.05) is 71.7 Å². The minimum Gasteiger partial charge on any atom is -0.489 e. The molecule has 0 radical (unpaired) electrons. The molecule has 2 amide bonds. The molecule has 0 saturated carbocycles. The number of ether oxygens (including phenoxy) is 2. The Morgan fingerprint density at radius 3 is 2.53 bits per heavy atom. The zero-order valence-electron chi connectivity index (χ0n) is 20.2. The number of hydrogen-bond acceptors (Lipinski definition) is 4. The van der Waals surface area contributed by atoms with Crippen molar-refractivity contribution in [2.45, 2.75) is 19.6 Å². The third-order valence-electron chi connectivity index (χ3n) is 6.01. The first-order valence-electron chi connectivity index (χ1n) is 12.1. The van der Waals surface area contributed by atoms with E-state index in [1.54, 1.807) is 23.1 Å². The van der Waals surface area contributed by atoms with Crippen LogP contribution < -0.4 is 10.1 Å². The molecule has 190 valence electrons. The van der Waals surface area contributed by atoms with Crippen LogP contribution in [0.5, 0.6) is 5.75 Å². The molecule has 0 atom stereocenters. The van der Waals surface area contributed by atoms with E-state index in [1.807, 2.05) is 54.6 Å². The lowest BCUT2D eigenvalue weighted by atomic mass is 10.2. The van der Waals surface area contributed by atoms with Gasteiger partial charge in [0, 0.05) is 32.7 Å². The van der Waals surface area contributed by atoms with Crippen LogP contribution in [0.4, 0.5) is 10.5 Å². The Bertz CT molecular complexity index is 1120. The number of morpholine rings is 1. The van der Waals surface area contributed by atoms with Gasteiger partial charge in [0.15, 0.2) is 0 Å². The van der Waals surface area contributed by atoms with Gasteiger partial charge in [-0.25, -0.2) is 4.79 Å². The number of hydrogen-bond donors (Lipinski definition) is 1. The van der Waals surface area contributed by atoms with E-state index < -0.39 is 0 Å². The van der Waals surface area contributed by atoms with Crippen LogP contribution in [-0.4, -0.2) is 55.2 Å². The summed E-state index contributed by atoms with van der Waals surface area (Å²) >= 11 is 12.5. The lowest BCUT2D eigenvalue weighted by Crippen LogP contribution is -2.40. The molecule has 1 fully saturated rings. The van der Waals surface area contributed by atoms with Gasteiger partial charge < -0.3 is 19.7 Å². The smallest absolute Gasteiger partial charge is 0.322 e. The van der Waals surface area contributed by atoms with Crippen LogP contribution in [0.2, 0.25) is 10.0 Å². The number of benzene rings is 3. The van der Waals surface area contributed by atoms with Gasteiger partial charge in [0.2, 0.25) is 0 Å². The van der Waals surface area contributed by atoms with Crippen molar-refractivity contribution in [3.63, 3.8) is 0 Å². The summed E-state index contributed by atoms with van der Waals surface area (Å²) in [5, 5.41) is 3.66. The van der Waals surface area contributed by atoms with E-state index in [4.69, 9.17) is 32.7 Å². The molecule has 6 nitrogen and oxygen atoms in total. The fraction of sp³-hybridized carbons (Fsp3) is 0.321. The second-order valence-electron chi connectivity index (χ2n) is 8.68. The molecule has 1 heterocycles. The molecule has 0 unspecified atom stereocenters. The molecular formula is C28H31Cl2N3O3. The first-order valence-corrected chi connectivity index (χ1v) is 12.9. The van der Waals surface area contributed by atoms with Crippen LogP contribution in [0.25, 0.3) is 0 Å². The summed E-state index contributed by atoms with van der Waals surface area (Å²) in [5.41, 5.74) is 2.58. The van der Waals surface area contributed by atoms with Gasteiger partial charge in [0.1, 0.15) is 12.4 Å². The Hall–Kier alpha value is -2.77. The maximum Gasteiger partial charge on any atom is 0.322 e. The molecule has 4 rings (SSSR count). The maximum atomic E-state index is 13.3. The average molecular weight is 528 g/mol. The fourth-order valence-electron chi connectivity index (χ4n) is 4.05. The minimum absolute atomic E-state index is 0.225. The maximum absolute atomic E-state index is 13.3. The zero-order chi connectivity index (χ0) is 25.2. The van der Waals surface area contributed by atoms with E-state index >= 15 is 0 Å². The van der Waals surface area contributed by atoms with E-state index in [1.165, 1.54) is 0 Å². The summed E-state index contributed by atoms with van der Waals surface area (Å²) in [4.78, 5) is 17.5. The Kier molecular flexibility index (Phi) is 9.87. The van der Waals surface area contributed by atoms with E-state index in [0.717, 1.165) is 56.1 Å². The number of nitrogens with zero attached hydrogens (tertiary/aromatic N) is 2. The number of rotatable bonds is 10. The molecule has 1 N–H and O–H groups in total. The van der Waals surface area contributed by atoms with Crippen LogP contribution in [0.1, 0.15) is 17.5 Å². The molecule has 1 aliphatic heterocycles. The molecule has 0 aliphatic carbocycles. The van der Waals surface area contributed by atoms with E-state index in [0.29, 0.717) is 35.4 Å². The van der Waals surface area contributed by atoms with E-state index in [2.05, 4.69) is 10.2 Å². The normalized spacial score (nSPS) is 13.8. The number of nitrogens with one attached hydrogen (secondary N) is 1.